The van der Waals surface area contributed by atoms with Crippen LogP contribution in [0.15, 0.2) is 0 Å². The third-order valence-corrected chi connectivity index (χ3v) is 2.62. The number of thioether (sulfide) groups is 1. The van der Waals surface area contributed by atoms with Crippen LogP contribution in [0.4, 0.5) is 0 Å². The summed E-state index contributed by atoms with van der Waals surface area (Å²) < 4.78 is 2.67. The van der Waals surface area contributed by atoms with Crippen molar-refractivity contribution in [2.75, 3.05) is 5.75 Å². The van der Waals surface area contributed by atoms with E-state index in [1.165, 1.54) is 38.5 Å². The van der Waals surface area contributed by atoms with Crippen molar-refractivity contribution in [1.29, 1.82) is 0 Å². The minimum atomic E-state index is 1.16. The Morgan fingerprint density at radius 2 is 1.73 bits per heavy atom. The van der Waals surface area contributed by atoms with Crippen molar-refractivity contribution in [3.8, 4) is 0 Å². The van der Waals surface area contributed by atoms with Crippen LogP contribution in [0.1, 0.15) is 45.4 Å². The number of hydrogen-bond donors (Lipinski definition) is 0. The van der Waals surface area contributed by atoms with E-state index in [1.54, 1.807) is 11.8 Å². The van der Waals surface area contributed by atoms with Gasteiger partial charge in [-0.15, -0.1) is 11.8 Å². The second-order valence-electron chi connectivity index (χ2n) is 2.70. The first-order chi connectivity index (χ1) is 5.41. The zero-order valence-corrected chi connectivity index (χ0v) is 8.90. The molecule has 0 rings (SSSR count). The Labute approximate surface area is 80.1 Å². The smallest absolute Gasteiger partial charge is 0.0951 e. The van der Waals surface area contributed by atoms with Crippen LogP contribution in [0.5, 0.6) is 0 Å². The summed E-state index contributed by atoms with van der Waals surface area (Å²) in [4.78, 5) is 0. The highest BCUT2D eigenvalue weighted by molar-refractivity contribution is 8.20. The second-order valence-corrected chi connectivity index (χ2v) is 4.06. The lowest BCUT2D eigenvalue weighted by molar-refractivity contribution is 0.627. The fourth-order valence-corrected chi connectivity index (χ4v) is 1.68. The standard InChI is InChI=1S/C9H17S2/c1-2-3-4-5-6-7-8-11-9-10/h2-8H2,1H3. The van der Waals surface area contributed by atoms with E-state index in [0.717, 1.165) is 5.75 Å². The second kappa shape index (κ2) is 10.4. The van der Waals surface area contributed by atoms with E-state index in [9.17, 15) is 0 Å². The van der Waals surface area contributed by atoms with E-state index in [2.05, 4.69) is 23.8 Å². The fraction of sp³-hybridized carbons (Fsp3) is 0.889. The lowest BCUT2D eigenvalue weighted by Gasteiger charge is -1.97. The predicted octanol–water partition coefficient (Wildman–Crippen LogP) is 3.91. The molecule has 0 aliphatic rings. The molecule has 0 aromatic carbocycles. The summed E-state index contributed by atoms with van der Waals surface area (Å²) in [5.41, 5.74) is 0. The molecule has 0 saturated carbocycles. The number of hydrogen-bond acceptors (Lipinski definition) is 2. The molecule has 0 saturated heterocycles. The highest BCUT2D eigenvalue weighted by atomic mass is 32.2. The first-order valence-corrected chi connectivity index (χ1v) is 5.80. The van der Waals surface area contributed by atoms with Gasteiger partial charge in [-0.25, -0.2) is 0 Å². The summed E-state index contributed by atoms with van der Waals surface area (Å²) in [5, 5.41) is 0. The molecule has 0 spiro atoms. The van der Waals surface area contributed by atoms with E-state index in [4.69, 9.17) is 0 Å². The highest BCUT2D eigenvalue weighted by Crippen LogP contribution is 2.07. The van der Waals surface area contributed by atoms with Crippen LogP contribution in [0.25, 0.3) is 0 Å². The first-order valence-electron chi connectivity index (χ1n) is 4.40. The maximum atomic E-state index is 4.58. The van der Waals surface area contributed by atoms with Gasteiger partial charge in [0.05, 0.1) is 4.70 Å². The first kappa shape index (κ1) is 11.4. The molecule has 1 radical (unpaired) electrons. The summed E-state index contributed by atoms with van der Waals surface area (Å²) in [7, 11) is 0. The molecular formula is C9H17S2. The minimum Gasteiger partial charge on any atom is -0.113 e. The van der Waals surface area contributed by atoms with Crippen molar-refractivity contribution in [1.82, 2.24) is 0 Å². The summed E-state index contributed by atoms with van der Waals surface area (Å²) in [6.45, 7) is 2.25. The zero-order valence-electron chi connectivity index (χ0n) is 7.27. The van der Waals surface area contributed by atoms with Crippen LogP contribution < -0.4 is 0 Å². The van der Waals surface area contributed by atoms with E-state index < -0.39 is 0 Å². The lowest BCUT2D eigenvalue weighted by Crippen LogP contribution is -1.81. The van der Waals surface area contributed by atoms with Gasteiger partial charge in [0.15, 0.2) is 0 Å². The summed E-state index contributed by atoms with van der Waals surface area (Å²) in [6, 6.07) is 0. The van der Waals surface area contributed by atoms with E-state index in [-0.39, 0.29) is 0 Å². The van der Waals surface area contributed by atoms with Crippen molar-refractivity contribution in [3.63, 3.8) is 0 Å². The summed E-state index contributed by atoms with van der Waals surface area (Å²) >= 11 is 6.22. The van der Waals surface area contributed by atoms with Crippen molar-refractivity contribution in [2.24, 2.45) is 0 Å². The number of unbranched alkanes of at least 4 members (excludes halogenated alkanes) is 5. The van der Waals surface area contributed by atoms with Gasteiger partial charge in [0.25, 0.3) is 0 Å². The number of rotatable bonds is 8. The van der Waals surface area contributed by atoms with Crippen LogP contribution >= 0.6 is 24.0 Å². The average Bonchev–Trinajstić information content (AvgIpc) is 2.03. The predicted molar refractivity (Wildman–Crippen MR) is 58.4 cm³/mol. The zero-order chi connectivity index (χ0) is 8.36. The topological polar surface area (TPSA) is 0 Å². The van der Waals surface area contributed by atoms with Crippen molar-refractivity contribution < 1.29 is 0 Å². The van der Waals surface area contributed by atoms with E-state index in [1.807, 2.05) is 0 Å². The molecule has 0 aromatic rings. The summed E-state index contributed by atoms with van der Waals surface area (Å²) in [5.74, 6) is 1.16. The molecule has 0 bridgehead atoms. The summed E-state index contributed by atoms with van der Waals surface area (Å²) in [6.07, 6.45) is 8.20. The quantitative estimate of drug-likeness (QED) is 0.419. The van der Waals surface area contributed by atoms with Gasteiger partial charge in [-0.05, 0) is 12.2 Å². The maximum absolute atomic E-state index is 4.58. The molecule has 0 fully saturated rings. The van der Waals surface area contributed by atoms with E-state index >= 15 is 0 Å². The molecule has 0 nitrogen and oxygen atoms in total. The van der Waals surface area contributed by atoms with Crippen LogP contribution in [-0.2, 0) is 0 Å². The Morgan fingerprint density at radius 3 is 2.36 bits per heavy atom. The van der Waals surface area contributed by atoms with Gasteiger partial charge in [-0.3, -0.25) is 0 Å². The highest BCUT2D eigenvalue weighted by Gasteiger charge is 1.88. The van der Waals surface area contributed by atoms with E-state index in [0.29, 0.717) is 0 Å². The molecule has 0 aliphatic heterocycles. The molecule has 0 atom stereocenters. The molecule has 0 amide bonds. The third-order valence-electron chi connectivity index (χ3n) is 1.66. The largest absolute Gasteiger partial charge is 0.113 e. The molecule has 0 N–H and O–H groups in total. The Kier molecular flexibility index (Phi) is 10.9. The molecule has 0 unspecified atom stereocenters. The molecule has 2 heteroatoms. The van der Waals surface area contributed by atoms with Crippen LogP contribution in [-0.4, -0.2) is 10.5 Å². The van der Waals surface area contributed by atoms with Crippen molar-refractivity contribution >= 4 is 28.7 Å². The van der Waals surface area contributed by atoms with Gasteiger partial charge in [0, 0.05) is 0 Å². The Morgan fingerprint density at radius 1 is 1.09 bits per heavy atom. The van der Waals surface area contributed by atoms with Gasteiger partial charge in [0.1, 0.15) is 0 Å². The Balaban J connectivity index is 2.74. The fourth-order valence-electron chi connectivity index (χ4n) is 0.996. The molecule has 0 aromatic heterocycles. The minimum absolute atomic E-state index is 1.16. The third kappa shape index (κ3) is 10.4. The van der Waals surface area contributed by atoms with Crippen LogP contribution in [0.2, 0.25) is 0 Å². The van der Waals surface area contributed by atoms with Crippen molar-refractivity contribution in [2.45, 2.75) is 45.4 Å². The van der Waals surface area contributed by atoms with Crippen molar-refractivity contribution in [3.05, 3.63) is 0 Å². The molecule has 0 heterocycles. The molecule has 11 heavy (non-hydrogen) atoms. The molecule has 0 aliphatic carbocycles. The maximum Gasteiger partial charge on any atom is 0.0951 e. The van der Waals surface area contributed by atoms with Gasteiger partial charge in [-0.2, -0.15) is 0 Å². The van der Waals surface area contributed by atoms with Crippen LogP contribution in [0.3, 0.4) is 0 Å². The Hall–Kier alpha value is 0.440. The average molecular weight is 189 g/mol. The monoisotopic (exact) mass is 189 g/mol. The molecular weight excluding hydrogens is 172 g/mol. The van der Waals surface area contributed by atoms with Gasteiger partial charge in [-0.1, -0.05) is 51.2 Å². The Bertz CT molecular complexity index is 81.6. The normalized spacial score (nSPS) is 9.91. The lowest BCUT2D eigenvalue weighted by atomic mass is 10.1. The molecule has 65 valence electrons. The van der Waals surface area contributed by atoms with Gasteiger partial charge < -0.3 is 0 Å². The van der Waals surface area contributed by atoms with Gasteiger partial charge in [0.2, 0.25) is 0 Å². The number of thiocarbonyl (C=S) groups is 1. The SMILES string of the molecule is CCCCCCCCS[C]=S. The van der Waals surface area contributed by atoms with Gasteiger partial charge >= 0.3 is 0 Å². The van der Waals surface area contributed by atoms with Crippen LogP contribution in [0, 0.1) is 0 Å².